The summed E-state index contributed by atoms with van der Waals surface area (Å²) in [6.45, 7) is 10.1. The lowest BCUT2D eigenvalue weighted by Crippen LogP contribution is -2.52. The topological polar surface area (TPSA) is 40.5 Å². The zero-order valence-electron chi connectivity index (χ0n) is 18.8. The third kappa shape index (κ3) is 3.31. The summed E-state index contributed by atoms with van der Waals surface area (Å²) >= 11 is 0. The molecule has 3 fully saturated rings. The Balaban J connectivity index is 1.52. The monoisotopic (exact) mass is 388 g/mol. The van der Waals surface area contributed by atoms with Gasteiger partial charge >= 0.3 is 0 Å². The Morgan fingerprint density at radius 3 is 2.57 bits per heavy atom. The third-order valence-corrected chi connectivity index (χ3v) is 10.2. The SMILES string of the molecule is C[C@H](CCCCO)[C@H]1CC[C@H]2[C@@H]3CC=C4C[C@@](C)(O)CC[C@]4(C)[C@H]3CC[C@]12C. The minimum Gasteiger partial charge on any atom is -0.396 e. The second kappa shape index (κ2) is 7.41. The quantitative estimate of drug-likeness (QED) is 0.440. The second-order valence-corrected chi connectivity index (χ2v) is 11.9. The normalized spacial score (nSPS) is 49.0. The third-order valence-electron chi connectivity index (χ3n) is 10.2. The molecule has 2 N–H and O–H groups in total. The molecule has 0 aliphatic heterocycles. The first-order valence-corrected chi connectivity index (χ1v) is 12.2. The molecule has 160 valence electrons. The van der Waals surface area contributed by atoms with Crippen molar-refractivity contribution in [2.45, 2.75) is 104 Å². The van der Waals surface area contributed by atoms with E-state index in [0.717, 1.165) is 48.9 Å². The molecule has 0 aromatic carbocycles. The molecule has 0 radical (unpaired) electrons. The highest BCUT2D eigenvalue weighted by molar-refractivity contribution is 5.26. The van der Waals surface area contributed by atoms with Gasteiger partial charge in [-0.25, -0.2) is 0 Å². The molecule has 0 aromatic rings. The van der Waals surface area contributed by atoms with Crippen LogP contribution in [0, 0.1) is 40.4 Å². The van der Waals surface area contributed by atoms with Crippen molar-refractivity contribution in [3.05, 3.63) is 11.6 Å². The fraction of sp³-hybridized carbons (Fsp3) is 0.923. The Kier molecular flexibility index (Phi) is 5.54. The van der Waals surface area contributed by atoms with Gasteiger partial charge in [-0.05, 0) is 105 Å². The molecular weight excluding hydrogens is 344 g/mol. The Hall–Kier alpha value is -0.340. The number of aliphatic hydroxyl groups excluding tert-OH is 1. The Bertz CT molecular complexity index is 608. The lowest BCUT2D eigenvalue weighted by atomic mass is 9.46. The first-order valence-electron chi connectivity index (χ1n) is 12.2. The molecule has 4 aliphatic carbocycles. The van der Waals surface area contributed by atoms with Crippen LogP contribution in [0.5, 0.6) is 0 Å². The van der Waals surface area contributed by atoms with Crippen LogP contribution in [0.1, 0.15) is 98.3 Å². The molecule has 0 spiro atoms. The smallest absolute Gasteiger partial charge is 0.0657 e. The Labute approximate surface area is 173 Å². The summed E-state index contributed by atoms with van der Waals surface area (Å²) < 4.78 is 0. The van der Waals surface area contributed by atoms with Crippen LogP contribution in [0.2, 0.25) is 0 Å². The number of rotatable bonds is 5. The Morgan fingerprint density at radius 1 is 1.04 bits per heavy atom. The lowest BCUT2D eigenvalue weighted by molar-refractivity contribution is -0.0705. The predicted octanol–water partition coefficient (Wildman–Crippen LogP) is 6.12. The summed E-state index contributed by atoms with van der Waals surface area (Å²) in [5.41, 5.74) is 1.98. The fourth-order valence-corrected chi connectivity index (χ4v) is 8.56. The van der Waals surface area contributed by atoms with E-state index in [-0.39, 0.29) is 0 Å². The summed E-state index contributed by atoms with van der Waals surface area (Å²) in [7, 11) is 0. The molecule has 0 bridgehead atoms. The molecule has 4 aliphatic rings. The summed E-state index contributed by atoms with van der Waals surface area (Å²) in [5.74, 6) is 4.28. The van der Waals surface area contributed by atoms with Gasteiger partial charge in [0.15, 0.2) is 0 Å². The molecule has 0 aromatic heterocycles. The standard InChI is InChI=1S/C26H44O2/c1-18(7-5-6-16-27)21-10-11-22-20-9-8-19-17-24(2,28)14-15-25(19,3)23(20)12-13-26(21,22)4/h8,18,20-23,27-28H,5-7,9-17H2,1-4H3/t18-,20+,21-,22+,23+,24+,25+,26-/m1/s1. The Morgan fingerprint density at radius 2 is 1.82 bits per heavy atom. The average molecular weight is 389 g/mol. The van der Waals surface area contributed by atoms with Gasteiger partial charge in [-0.2, -0.15) is 0 Å². The van der Waals surface area contributed by atoms with E-state index in [4.69, 9.17) is 5.11 Å². The van der Waals surface area contributed by atoms with Gasteiger partial charge in [0.1, 0.15) is 0 Å². The van der Waals surface area contributed by atoms with Gasteiger partial charge in [0, 0.05) is 6.61 Å². The van der Waals surface area contributed by atoms with E-state index in [2.05, 4.69) is 26.8 Å². The highest BCUT2D eigenvalue weighted by atomic mass is 16.3. The van der Waals surface area contributed by atoms with Crippen LogP contribution in [0.15, 0.2) is 11.6 Å². The molecule has 3 saturated carbocycles. The van der Waals surface area contributed by atoms with E-state index in [1.165, 1.54) is 51.4 Å². The van der Waals surface area contributed by atoms with Crippen LogP contribution in [-0.4, -0.2) is 22.4 Å². The molecule has 0 unspecified atom stereocenters. The largest absolute Gasteiger partial charge is 0.396 e. The predicted molar refractivity (Wildman–Crippen MR) is 116 cm³/mol. The molecule has 2 heteroatoms. The zero-order chi connectivity index (χ0) is 20.2. The van der Waals surface area contributed by atoms with Crippen molar-refractivity contribution in [1.29, 1.82) is 0 Å². The van der Waals surface area contributed by atoms with Gasteiger partial charge in [-0.3, -0.25) is 0 Å². The van der Waals surface area contributed by atoms with E-state index in [0.29, 0.717) is 17.4 Å². The minimum atomic E-state index is -0.482. The van der Waals surface area contributed by atoms with Gasteiger partial charge in [0.2, 0.25) is 0 Å². The summed E-state index contributed by atoms with van der Waals surface area (Å²) in [6.07, 6.45) is 16.0. The van der Waals surface area contributed by atoms with Gasteiger partial charge in [-0.1, -0.05) is 45.3 Å². The molecule has 28 heavy (non-hydrogen) atoms. The van der Waals surface area contributed by atoms with Crippen LogP contribution in [0.3, 0.4) is 0 Å². The number of unbranched alkanes of at least 4 members (excludes halogenated alkanes) is 1. The molecule has 2 nitrogen and oxygen atoms in total. The van der Waals surface area contributed by atoms with Gasteiger partial charge in [-0.15, -0.1) is 0 Å². The van der Waals surface area contributed by atoms with Gasteiger partial charge < -0.3 is 10.2 Å². The minimum absolute atomic E-state index is 0.345. The average Bonchev–Trinajstić information content (AvgIpc) is 2.99. The van der Waals surface area contributed by atoms with Crippen LogP contribution >= 0.6 is 0 Å². The van der Waals surface area contributed by atoms with Gasteiger partial charge in [0.05, 0.1) is 5.60 Å². The fourth-order valence-electron chi connectivity index (χ4n) is 8.56. The van der Waals surface area contributed by atoms with Crippen molar-refractivity contribution in [1.82, 2.24) is 0 Å². The summed E-state index contributed by atoms with van der Waals surface area (Å²) in [5, 5.41) is 19.8. The maximum Gasteiger partial charge on any atom is 0.0657 e. The number of fused-ring (bicyclic) bond motifs is 5. The van der Waals surface area contributed by atoms with Crippen LogP contribution in [0.4, 0.5) is 0 Å². The summed E-state index contributed by atoms with van der Waals surface area (Å²) in [4.78, 5) is 0. The van der Waals surface area contributed by atoms with Crippen molar-refractivity contribution < 1.29 is 10.2 Å². The molecule has 8 atom stereocenters. The number of hydrogen-bond acceptors (Lipinski definition) is 2. The van der Waals surface area contributed by atoms with E-state index in [1.807, 2.05) is 6.92 Å². The molecule has 0 saturated heterocycles. The van der Waals surface area contributed by atoms with E-state index in [1.54, 1.807) is 5.57 Å². The van der Waals surface area contributed by atoms with E-state index in [9.17, 15) is 5.11 Å². The maximum atomic E-state index is 10.6. The van der Waals surface area contributed by atoms with Crippen LogP contribution in [0.25, 0.3) is 0 Å². The number of aliphatic hydroxyl groups is 2. The van der Waals surface area contributed by atoms with Crippen LogP contribution < -0.4 is 0 Å². The number of hydrogen-bond donors (Lipinski definition) is 2. The summed E-state index contributed by atoms with van der Waals surface area (Å²) in [6, 6.07) is 0. The molecule has 0 heterocycles. The first-order chi connectivity index (χ1) is 13.2. The molecular formula is C26H44O2. The van der Waals surface area contributed by atoms with Crippen molar-refractivity contribution in [3.8, 4) is 0 Å². The lowest BCUT2D eigenvalue weighted by Gasteiger charge is -2.59. The van der Waals surface area contributed by atoms with Crippen molar-refractivity contribution in [3.63, 3.8) is 0 Å². The number of allylic oxidation sites excluding steroid dienone is 1. The van der Waals surface area contributed by atoms with E-state index < -0.39 is 5.60 Å². The second-order valence-electron chi connectivity index (χ2n) is 11.9. The van der Waals surface area contributed by atoms with Crippen molar-refractivity contribution in [2.24, 2.45) is 40.4 Å². The van der Waals surface area contributed by atoms with Crippen molar-refractivity contribution in [2.75, 3.05) is 6.61 Å². The first kappa shape index (κ1) is 20.9. The van der Waals surface area contributed by atoms with Crippen LogP contribution in [-0.2, 0) is 0 Å². The van der Waals surface area contributed by atoms with Crippen molar-refractivity contribution >= 4 is 0 Å². The maximum absolute atomic E-state index is 10.6. The zero-order valence-corrected chi connectivity index (χ0v) is 18.8. The highest BCUT2D eigenvalue weighted by Crippen LogP contribution is 2.67. The van der Waals surface area contributed by atoms with E-state index >= 15 is 0 Å². The molecule has 0 amide bonds. The highest BCUT2D eigenvalue weighted by Gasteiger charge is 2.59. The van der Waals surface area contributed by atoms with Gasteiger partial charge in [0.25, 0.3) is 0 Å². The molecule has 4 rings (SSSR count).